The third kappa shape index (κ3) is 2.43. The zero-order valence-electron chi connectivity index (χ0n) is 9.87. The molecule has 0 spiro atoms. The summed E-state index contributed by atoms with van der Waals surface area (Å²) in [5.74, 6) is 1.20. The van der Waals surface area contributed by atoms with E-state index in [1.165, 1.54) is 6.42 Å². The highest BCUT2D eigenvalue weighted by molar-refractivity contribution is 5.45. The van der Waals surface area contributed by atoms with Gasteiger partial charge in [0.15, 0.2) is 5.82 Å². The maximum atomic E-state index is 4.50. The fourth-order valence-corrected chi connectivity index (χ4v) is 2.04. The van der Waals surface area contributed by atoms with E-state index < -0.39 is 0 Å². The summed E-state index contributed by atoms with van der Waals surface area (Å²) >= 11 is 0. The molecule has 3 heterocycles. The maximum absolute atomic E-state index is 4.50. The van der Waals surface area contributed by atoms with Crippen LogP contribution in [0.25, 0.3) is 0 Å². The van der Waals surface area contributed by atoms with Crippen molar-refractivity contribution in [1.29, 1.82) is 0 Å². The van der Waals surface area contributed by atoms with Crippen molar-refractivity contribution in [2.24, 2.45) is 0 Å². The highest BCUT2D eigenvalue weighted by Crippen LogP contribution is 2.21. The van der Waals surface area contributed by atoms with Crippen molar-refractivity contribution in [2.75, 3.05) is 11.9 Å². The van der Waals surface area contributed by atoms with Crippen LogP contribution in [0, 0.1) is 0 Å². The number of aromatic nitrogens is 4. The molecule has 2 aromatic heterocycles. The fourth-order valence-electron chi connectivity index (χ4n) is 2.04. The van der Waals surface area contributed by atoms with Gasteiger partial charge in [-0.1, -0.05) is 0 Å². The number of rotatable bonds is 3. The van der Waals surface area contributed by atoms with Gasteiger partial charge in [-0.15, -0.1) is 0 Å². The highest BCUT2D eigenvalue weighted by atomic mass is 15.1. The minimum atomic E-state index is 0.343. The summed E-state index contributed by atoms with van der Waals surface area (Å²) in [4.78, 5) is 16.8. The van der Waals surface area contributed by atoms with Crippen molar-refractivity contribution in [1.82, 2.24) is 25.3 Å². The Morgan fingerprint density at radius 2 is 2.22 bits per heavy atom. The lowest BCUT2D eigenvalue weighted by Crippen LogP contribution is -2.15. The molecular formula is C12H14N6. The molecule has 3 rings (SSSR count). The summed E-state index contributed by atoms with van der Waals surface area (Å²) in [5.41, 5.74) is 1.02. The summed E-state index contributed by atoms with van der Waals surface area (Å²) < 4.78 is 0. The van der Waals surface area contributed by atoms with Crippen molar-refractivity contribution < 1.29 is 0 Å². The molecule has 0 saturated carbocycles. The van der Waals surface area contributed by atoms with E-state index in [-0.39, 0.29) is 0 Å². The van der Waals surface area contributed by atoms with Gasteiger partial charge in [0, 0.05) is 24.6 Å². The predicted molar refractivity (Wildman–Crippen MR) is 67.3 cm³/mol. The van der Waals surface area contributed by atoms with E-state index in [9.17, 15) is 0 Å². The molecule has 6 heteroatoms. The topological polar surface area (TPSA) is 75.6 Å². The average molecular weight is 242 g/mol. The second kappa shape index (κ2) is 5.05. The van der Waals surface area contributed by atoms with Crippen LogP contribution in [0.3, 0.4) is 0 Å². The molecule has 0 aliphatic carbocycles. The highest BCUT2D eigenvalue weighted by Gasteiger charge is 2.17. The second-order valence-corrected chi connectivity index (χ2v) is 4.17. The molecule has 1 aliphatic rings. The molecule has 1 aliphatic heterocycles. The van der Waals surface area contributed by atoms with Gasteiger partial charge in [0.05, 0.1) is 11.9 Å². The minimum Gasteiger partial charge on any atom is -0.309 e. The van der Waals surface area contributed by atoms with Gasteiger partial charge < -0.3 is 10.6 Å². The number of nitrogens with one attached hydrogen (secondary N) is 2. The lowest BCUT2D eigenvalue weighted by Gasteiger charge is -2.10. The van der Waals surface area contributed by atoms with Crippen LogP contribution in [-0.4, -0.2) is 26.5 Å². The Bertz CT molecular complexity index is 509. The van der Waals surface area contributed by atoms with Gasteiger partial charge in [-0.05, 0) is 25.5 Å². The van der Waals surface area contributed by atoms with Crippen LogP contribution < -0.4 is 10.6 Å². The molecule has 92 valence electrons. The van der Waals surface area contributed by atoms with E-state index >= 15 is 0 Å². The lowest BCUT2D eigenvalue weighted by molar-refractivity contribution is 0.626. The SMILES string of the molecule is c1cnc(Nc2nccc(C3CCCN3)n2)cn1. The van der Waals surface area contributed by atoms with Gasteiger partial charge in [0.1, 0.15) is 0 Å². The number of anilines is 2. The summed E-state index contributed by atoms with van der Waals surface area (Å²) in [5, 5.41) is 6.46. The standard InChI is InChI=1S/C12H14N6/c1-2-9(14-4-1)10-3-5-16-12(17-10)18-11-8-13-6-7-15-11/h3,5-9,14H,1-2,4H2,(H,15,16,17,18). The molecule has 1 saturated heterocycles. The van der Waals surface area contributed by atoms with E-state index in [2.05, 4.69) is 30.6 Å². The van der Waals surface area contributed by atoms with Crippen molar-refractivity contribution >= 4 is 11.8 Å². The van der Waals surface area contributed by atoms with E-state index in [0.29, 0.717) is 17.8 Å². The second-order valence-electron chi connectivity index (χ2n) is 4.17. The van der Waals surface area contributed by atoms with Crippen LogP contribution in [0.2, 0.25) is 0 Å². The predicted octanol–water partition coefficient (Wildman–Crippen LogP) is 1.43. The van der Waals surface area contributed by atoms with Gasteiger partial charge >= 0.3 is 0 Å². The zero-order chi connectivity index (χ0) is 12.2. The normalized spacial score (nSPS) is 18.8. The molecule has 0 amide bonds. The van der Waals surface area contributed by atoms with Crippen molar-refractivity contribution in [2.45, 2.75) is 18.9 Å². The first-order chi connectivity index (χ1) is 8.92. The minimum absolute atomic E-state index is 0.343. The molecule has 1 unspecified atom stereocenters. The van der Waals surface area contributed by atoms with Gasteiger partial charge in [0.25, 0.3) is 0 Å². The molecule has 2 aromatic rings. The van der Waals surface area contributed by atoms with E-state index in [4.69, 9.17) is 0 Å². The van der Waals surface area contributed by atoms with Crippen LogP contribution in [0.4, 0.5) is 11.8 Å². The monoisotopic (exact) mass is 242 g/mol. The van der Waals surface area contributed by atoms with E-state index in [1.807, 2.05) is 6.07 Å². The molecule has 1 atom stereocenters. The Balaban J connectivity index is 1.78. The molecule has 0 radical (unpaired) electrons. The lowest BCUT2D eigenvalue weighted by atomic mass is 10.1. The third-order valence-electron chi connectivity index (χ3n) is 2.90. The van der Waals surface area contributed by atoms with Crippen molar-refractivity contribution in [3.05, 3.63) is 36.5 Å². The Labute approximate surface area is 105 Å². The first-order valence-electron chi connectivity index (χ1n) is 6.01. The summed E-state index contributed by atoms with van der Waals surface area (Å²) in [6.07, 6.45) is 8.99. The summed E-state index contributed by atoms with van der Waals surface area (Å²) in [7, 11) is 0. The van der Waals surface area contributed by atoms with Crippen molar-refractivity contribution in [3.63, 3.8) is 0 Å². The van der Waals surface area contributed by atoms with E-state index in [1.54, 1.807) is 24.8 Å². The molecule has 18 heavy (non-hydrogen) atoms. The molecule has 2 N–H and O–H groups in total. The van der Waals surface area contributed by atoms with Crippen LogP contribution in [0.1, 0.15) is 24.6 Å². The first-order valence-corrected chi connectivity index (χ1v) is 6.01. The average Bonchev–Trinajstić information content (AvgIpc) is 2.94. The van der Waals surface area contributed by atoms with Crippen LogP contribution in [-0.2, 0) is 0 Å². The van der Waals surface area contributed by atoms with Gasteiger partial charge in [0.2, 0.25) is 5.95 Å². The van der Waals surface area contributed by atoms with Crippen LogP contribution in [0.5, 0.6) is 0 Å². The Kier molecular flexibility index (Phi) is 3.10. The number of hydrogen-bond donors (Lipinski definition) is 2. The van der Waals surface area contributed by atoms with Gasteiger partial charge in [-0.25, -0.2) is 15.0 Å². The Morgan fingerprint density at radius 1 is 1.22 bits per heavy atom. The smallest absolute Gasteiger partial charge is 0.228 e. The molecule has 6 nitrogen and oxygen atoms in total. The van der Waals surface area contributed by atoms with Gasteiger partial charge in [-0.2, -0.15) is 0 Å². The Hall–Kier alpha value is -2.08. The largest absolute Gasteiger partial charge is 0.309 e. The summed E-state index contributed by atoms with van der Waals surface area (Å²) in [6.45, 7) is 1.06. The maximum Gasteiger partial charge on any atom is 0.228 e. The molecule has 0 bridgehead atoms. The quantitative estimate of drug-likeness (QED) is 0.848. The summed E-state index contributed by atoms with van der Waals surface area (Å²) in [6, 6.07) is 2.29. The number of hydrogen-bond acceptors (Lipinski definition) is 6. The third-order valence-corrected chi connectivity index (χ3v) is 2.90. The number of nitrogens with zero attached hydrogens (tertiary/aromatic N) is 4. The van der Waals surface area contributed by atoms with Crippen LogP contribution >= 0.6 is 0 Å². The van der Waals surface area contributed by atoms with Crippen molar-refractivity contribution in [3.8, 4) is 0 Å². The van der Waals surface area contributed by atoms with Gasteiger partial charge in [-0.3, -0.25) is 4.98 Å². The first kappa shape index (κ1) is 11.0. The molecule has 1 fully saturated rings. The zero-order valence-corrected chi connectivity index (χ0v) is 9.87. The Morgan fingerprint density at radius 3 is 3.00 bits per heavy atom. The fraction of sp³-hybridized carbons (Fsp3) is 0.333. The van der Waals surface area contributed by atoms with E-state index in [0.717, 1.165) is 18.7 Å². The van der Waals surface area contributed by atoms with Crippen LogP contribution in [0.15, 0.2) is 30.9 Å². The molecular weight excluding hydrogens is 228 g/mol. The molecule has 0 aromatic carbocycles.